The van der Waals surface area contributed by atoms with Gasteiger partial charge < -0.3 is 10.5 Å². The smallest absolute Gasteiger partial charge is 0.270 e. The van der Waals surface area contributed by atoms with E-state index in [0.29, 0.717) is 15.9 Å². The summed E-state index contributed by atoms with van der Waals surface area (Å²) in [7, 11) is 0. The van der Waals surface area contributed by atoms with Crippen molar-refractivity contribution in [2.24, 2.45) is 0 Å². The first kappa shape index (κ1) is 13.4. The lowest BCUT2D eigenvalue weighted by Crippen LogP contribution is -2.00. The van der Waals surface area contributed by atoms with Gasteiger partial charge in [0.2, 0.25) is 0 Å². The third kappa shape index (κ3) is 3.23. The molecule has 0 bridgehead atoms. The van der Waals surface area contributed by atoms with Crippen LogP contribution in [0.5, 0.6) is 5.75 Å². The second-order valence-electron chi connectivity index (χ2n) is 3.86. The molecule has 0 saturated carbocycles. The first-order chi connectivity index (χ1) is 9.08. The summed E-state index contributed by atoms with van der Waals surface area (Å²) in [4.78, 5) is 10.2. The van der Waals surface area contributed by atoms with Crippen molar-refractivity contribution in [3.05, 3.63) is 62.6 Å². The Morgan fingerprint density at radius 2 is 2.00 bits per heavy atom. The molecule has 0 aliphatic rings. The summed E-state index contributed by atoms with van der Waals surface area (Å²) in [6.07, 6.45) is 0. The van der Waals surface area contributed by atoms with Gasteiger partial charge in [-0.3, -0.25) is 10.1 Å². The number of nitrogens with zero attached hydrogens (tertiary/aromatic N) is 1. The second-order valence-corrected chi connectivity index (χ2v) is 4.71. The number of ether oxygens (including phenoxy) is 1. The Bertz CT molecular complexity index is 617. The molecule has 0 saturated heterocycles. The van der Waals surface area contributed by atoms with Crippen molar-refractivity contribution in [2.45, 2.75) is 6.61 Å². The Morgan fingerprint density at radius 3 is 2.63 bits per heavy atom. The summed E-state index contributed by atoms with van der Waals surface area (Å²) >= 11 is 3.29. The van der Waals surface area contributed by atoms with Gasteiger partial charge in [0.1, 0.15) is 12.4 Å². The van der Waals surface area contributed by atoms with E-state index in [9.17, 15) is 10.1 Å². The molecule has 6 heteroatoms. The van der Waals surface area contributed by atoms with Crippen LogP contribution in [-0.2, 0) is 6.61 Å². The highest BCUT2D eigenvalue weighted by molar-refractivity contribution is 9.10. The number of halogens is 1. The number of non-ortho nitro benzene ring substituents is 1. The molecule has 0 fully saturated rings. The number of nitrogen functional groups attached to an aromatic ring is 1. The van der Waals surface area contributed by atoms with E-state index in [1.807, 2.05) is 12.1 Å². The van der Waals surface area contributed by atoms with Gasteiger partial charge >= 0.3 is 0 Å². The van der Waals surface area contributed by atoms with Gasteiger partial charge in [-0.25, -0.2) is 0 Å². The van der Waals surface area contributed by atoms with Gasteiger partial charge in [-0.1, -0.05) is 28.1 Å². The van der Waals surface area contributed by atoms with Crippen LogP contribution in [0, 0.1) is 10.1 Å². The van der Waals surface area contributed by atoms with E-state index in [2.05, 4.69) is 15.9 Å². The Hall–Kier alpha value is -2.08. The van der Waals surface area contributed by atoms with Gasteiger partial charge in [0.05, 0.1) is 10.6 Å². The number of nitro groups is 1. The van der Waals surface area contributed by atoms with Crippen molar-refractivity contribution in [2.75, 3.05) is 5.73 Å². The van der Waals surface area contributed by atoms with Crippen LogP contribution in [0.4, 0.5) is 11.4 Å². The van der Waals surface area contributed by atoms with Gasteiger partial charge in [0.25, 0.3) is 5.69 Å². The maximum atomic E-state index is 10.6. The van der Waals surface area contributed by atoms with Crippen molar-refractivity contribution < 1.29 is 9.66 Å². The molecule has 0 aromatic heterocycles. The van der Waals surface area contributed by atoms with Crippen LogP contribution in [0.2, 0.25) is 0 Å². The lowest BCUT2D eigenvalue weighted by molar-refractivity contribution is -0.384. The predicted molar refractivity (Wildman–Crippen MR) is 76.0 cm³/mol. The van der Waals surface area contributed by atoms with E-state index in [1.54, 1.807) is 18.2 Å². The van der Waals surface area contributed by atoms with Crippen molar-refractivity contribution in [3.63, 3.8) is 0 Å². The first-order valence-corrected chi connectivity index (χ1v) is 6.27. The van der Waals surface area contributed by atoms with E-state index in [1.165, 1.54) is 12.1 Å². The molecule has 2 aromatic rings. The fraction of sp³-hybridized carbons (Fsp3) is 0.0769. The highest BCUT2D eigenvalue weighted by Crippen LogP contribution is 2.26. The molecule has 5 nitrogen and oxygen atoms in total. The number of nitrogens with two attached hydrogens (primary N) is 1. The topological polar surface area (TPSA) is 78.4 Å². The summed E-state index contributed by atoms with van der Waals surface area (Å²) in [5, 5.41) is 10.6. The van der Waals surface area contributed by atoms with Crippen molar-refractivity contribution in [3.8, 4) is 5.75 Å². The van der Waals surface area contributed by atoms with Gasteiger partial charge in [0, 0.05) is 22.2 Å². The van der Waals surface area contributed by atoms with Crippen LogP contribution in [0.1, 0.15) is 5.56 Å². The molecule has 2 N–H and O–H groups in total. The summed E-state index contributed by atoms with van der Waals surface area (Å²) in [6.45, 7) is 0.285. The summed E-state index contributed by atoms with van der Waals surface area (Å²) in [5.41, 5.74) is 7.17. The van der Waals surface area contributed by atoms with E-state index in [4.69, 9.17) is 10.5 Å². The van der Waals surface area contributed by atoms with Gasteiger partial charge in [-0.2, -0.15) is 0 Å². The molecule has 98 valence electrons. The number of benzene rings is 2. The molecule has 0 aliphatic carbocycles. The fourth-order valence-corrected chi connectivity index (χ4v) is 2.02. The number of hydrogen-bond donors (Lipinski definition) is 1. The largest absolute Gasteiger partial charge is 0.487 e. The number of rotatable bonds is 4. The zero-order valence-electron chi connectivity index (χ0n) is 9.88. The van der Waals surface area contributed by atoms with Gasteiger partial charge in [-0.05, 0) is 18.2 Å². The molecule has 2 aromatic carbocycles. The highest BCUT2D eigenvalue weighted by atomic mass is 79.9. The van der Waals surface area contributed by atoms with E-state index in [0.717, 1.165) is 5.56 Å². The fourth-order valence-electron chi connectivity index (χ4n) is 1.53. The zero-order chi connectivity index (χ0) is 13.8. The highest BCUT2D eigenvalue weighted by Gasteiger charge is 2.09. The normalized spacial score (nSPS) is 10.2. The van der Waals surface area contributed by atoms with E-state index >= 15 is 0 Å². The molecular formula is C13H11BrN2O3. The quantitative estimate of drug-likeness (QED) is 0.530. The molecule has 0 heterocycles. The predicted octanol–water partition coefficient (Wildman–Crippen LogP) is 3.52. The maximum absolute atomic E-state index is 10.6. The lowest BCUT2D eigenvalue weighted by Gasteiger charge is -2.09. The average molecular weight is 323 g/mol. The molecule has 0 aliphatic heterocycles. The summed E-state index contributed by atoms with van der Waals surface area (Å²) in [6, 6.07) is 11.7. The number of para-hydroxylation sites is 2. The molecule has 0 radical (unpaired) electrons. The summed E-state index contributed by atoms with van der Waals surface area (Å²) < 4.78 is 6.21. The minimum atomic E-state index is -0.440. The SMILES string of the molecule is Nc1ccccc1OCc1ccc([N+](=O)[O-])cc1Br. The van der Waals surface area contributed by atoms with E-state index < -0.39 is 4.92 Å². The lowest BCUT2D eigenvalue weighted by atomic mass is 10.2. The minimum absolute atomic E-state index is 0.0369. The van der Waals surface area contributed by atoms with Gasteiger partial charge in [0.15, 0.2) is 0 Å². The van der Waals surface area contributed by atoms with Crippen LogP contribution in [0.25, 0.3) is 0 Å². The second kappa shape index (κ2) is 5.71. The third-order valence-electron chi connectivity index (χ3n) is 2.55. The van der Waals surface area contributed by atoms with Crippen LogP contribution < -0.4 is 10.5 Å². The number of hydrogen-bond acceptors (Lipinski definition) is 4. The standard InChI is InChI=1S/C13H11BrN2O3/c14-11-7-10(16(17)18)6-5-9(11)8-19-13-4-2-1-3-12(13)15/h1-7H,8,15H2. The Labute approximate surface area is 118 Å². The van der Waals surface area contributed by atoms with Crippen molar-refractivity contribution in [1.82, 2.24) is 0 Å². The van der Waals surface area contributed by atoms with Crippen molar-refractivity contribution >= 4 is 27.3 Å². The van der Waals surface area contributed by atoms with Crippen LogP contribution >= 0.6 is 15.9 Å². The van der Waals surface area contributed by atoms with Crippen LogP contribution in [0.15, 0.2) is 46.9 Å². The average Bonchev–Trinajstić information content (AvgIpc) is 2.39. The molecular weight excluding hydrogens is 312 g/mol. The molecule has 2 rings (SSSR count). The van der Waals surface area contributed by atoms with Gasteiger partial charge in [-0.15, -0.1) is 0 Å². The van der Waals surface area contributed by atoms with Crippen LogP contribution in [-0.4, -0.2) is 4.92 Å². The third-order valence-corrected chi connectivity index (χ3v) is 3.29. The molecule has 0 spiro atoms. The Kier molecular flexibility index (Phi) is 4.01. The monoisotopic (exact) mass is 322 g/mol. The maximum Gasteiger partial charge on any atom is 0.270 e. The van der Waals surface area contributed by atoms with Crippen molar-refractivity contribution in [1.29, 1.82) is 0 Å². The zero-order valence-corrected chi connectivity index (χ0v) is 11.5. The minimum Gasteiger partial charge on any atom is -0.487 e. The summed E-state index contributed by atoms with van der Waals surface area (Å²) in [5.74, 6) is 0.591. The Balaban J connectivity index is 2.12. The van der Waals surface area contributed by atoms with E-state index in [-0.39, 0.29) is 12.3 Å². The first-order valence-electron chi connectivity index (χ1n) is 5.48. The molecule has 19 heavy (non-hydrogen) atoms. The molecule has 0 amide bonds. The Morgan fingerprint density at radius 1 is 1.26 bits per heavy atom. The molecule has 0 atom stereocenters. The van der Waals surface area contributed by atoms with Crippen LogP contribution in [0.3, 0.4) is 0 Å². The number of nitro benzene ring substituents is 1. The molecule has 0 unspecified atom stereocenters. The number of anilines is 1.